The average molecular weight is 429 g/mol. The van der Waals surface area contributed by atoms with Crippen LogP contribution in [0.15, 0.2) is 41.9 Å². The number of amides is 2. The fourth-order valence-electron chi connectivity index (χ4n) is 3.56. The van der Waals surface area contributed by atoms with Gasteiger partial charge in [-0.3, -0.25) is 14.9 Å². The lowest BCUT2D eigenvalue weighted by Gasteiger charge is -2.28. The minimum absolute atomic E-state index is 0.129. The Kier molecular flexibility index (Phi) is 5.21. The van der Waals surface area contributed by atoms with Crippen LogP contribution in [-0.4, -0.2) is 28.8 Å². The molecule has 4 rings (SSSR count). The van der Waals surface area contributed by atoms with E-state index in [1.807, 2.05) is 0 Å². The van der Waals surface area contributed by atoms with Crippen molar-refractivity contribution in [2.45, 2.75) is 19.5 Å². The second-order valence-electron chi connectivity index (χ2n) is 6.82. The van der Waals surface area contributed by atoms with E-state index in [-0.39, 0.29) is 29.0 Å². The van der Waals surface area contributed by atoms with E-state index >= 15 is 0 Å². The lowest BCUT2D eigenvalue weighted by Crippen LogP contribution is -2.38. The van der Waals surface area contributed by atoms with E-state index in [1.54, 1.807) is 18.4 Å². The van der Waals surface area contributed by atoms with Gasteiger partial charge < -0.3 is 9.64 Å². The molecule has 0 saturated heterocycles. The van der Waals surface area contributed by atoms with Crippen molar-refractivity contribution in [1.82, 2.24) is 9.88 Å². The van der Waals surface area contributed by atoms with Gasteiger partial charge >= 0.3 is 0 Å². The van der Waals surface area contributed by atoms with Gasteiger partial charge in [0.2, 0.25) is 0 Å². The number of aryl methyl sites for hydroxylation is 1. The molecule has 30 heavy (non-hydrogen) atoms. The summed E-state index contributed by atoms with van der Waals surface area (Å²) in [6, 6.07) is 5.39. The highest BCUT2D eigenvalue weighted by Crippen LogP contribution is 2.37. The number of halogens is 2. The first-order valence-corrected chi connectivity index (χ1v) is 9.90. The molecule has 3 aromatic rings. The van der Waals surface area contributed by atoms with E-state index in [4.69, 9.17) is 4.74 Å². The Hall–Kier alpha value is -3.33. The van der Waals surface area contributed by atoms with Crippen molar-refractivity contribution in [3.8, 4) is 5.75 Å². The fraction of sp³-hybridized carbons (Fsp3) is 0.190. The van der Waals surface area contributed by atoms with Crippen LogP contribution in [0.5, 0.6) is 5.75 Å². The van der Waals surface area contributed by atoms with Crippen molar-refractivity contribution in [2.75, 3.05) is 12.4 Å². The Balaban J connectivity index is 1.80. The number of fused-ring (bicyclic) bond motifs is 1. The van der Waals surface area contributed by atoms with E-state index in [0.29, 0.717) is 10.7 Å². The maximum atomic E-state index is 14.5. The lowest BCUT2D eigenvalue weighted by atomic mass is 10.0. The molecule has 9 heteroatoms. The number of aromatic nitrogens is 1. The molecule has 2 aromatic carbocycles. The molecule has 6 nitrogen and oxygen atoms in total. The zero-order valence-electron chi connectivity index (χ0n) is 16.1. The third kappa shape index (κ3) is 3.52. The number of rotatable bonds is 5. The minimum Gasteiger partial charge on any atom is -0.496 e. The summed E-state index contributed by atoms with van der Waals surface area (Å²) >= 11 is 1.20. The molecule has 1 aliphatic rings. The summed E-state index contributed by atoms with van der Waals surface area (Å²) in [6.07, 6.45) is 1.52. The molecule has 154 valence electrons. The Morgan fingerprint density at radius 3 is 2.80 bits per heavy atom. The zero-order chi connectivity index (χ0) is 21.4. The van der Waals surface area contributed by atoms with Crippen LogP contribution >= 0.6 is 11.3 Å². The van der Waals surface area contributed by atoms with Gasteiger partial charge in [0.15, 0.2) is 5.13 Å². The van der Waals surface area contributed by atoms with E-state index in [2.05, 4.69) is 10.3 Å². The molecule has 2 amide bonds. The molecule has 2 heterocycles. The Bertz CT molecular complexity index is 1130. The summed E-state index contributed by atoms with van der Waals surface area (Å²) in [4.78, 5) is 31.6. The van der Waals surface area contributed by atoms with Gasteiger partial charge in [0.25, 0.3) is 11.8 Å². The molecule has 1 unspecified atom stereocenters. The zero-order valence-corrected chi connectivity index (χ0v) is 16.9. The molecule has 0 radical (unpaired) electrons. The lowest BCUT2D eigenvalue weighted by molar-refractivity contribution is -0.120. The van der Waals surface area contributed by atoms with Crippen LogP contribution in [0.2, 0.25) is 0 Å². The molecular formula is C21H17F2N3O3S. The molecule has 0 spiro atoms. The van der Waals surface area contributed by atoms with E-state index in [9.17, 15) is 18.4 Å². The van der Waals surface area contributed by atoms with Gasteiger partial charge in [-0.25, -0.2) is 13.8 Å². The first-order chi connectivity index (χ1) is 14.4. The second-order valence-corrected chi connectivity index (χ2v) is 7.72. The van der Waals surface area contributed by atoms with Gasteiger partial charge in [0.1, 0.15) is 23.4 Å². The van der Waals surface area contributed by atoms with Crippen LogP contribution in [0.3, 0.4) is 0 Å². The molecule has 0 aliphatic carbocycles. The normalized spacial score (nSPS) is 13.9. The maximum absolute atomic E-state index is 14.5. The number of nitrogens with zero attached hydrogens (tertiary/aromatic N) is 2. The first-order valence-electron chi connectivity index (χ1n) is 9.03. The largest absolute Gasteiger partial charge is 0.496 e. The van der Waals surface area contributed by atoms with E-state index < -0.39 is 29.5 Å². The fourth-order valence-corrected chi connectivity index (χ4v) is 4.09. The number of nitrogens with one attached hydrogen (secondary N) is 1. The van der Waals surface area contributed by atoms with Crippen molar-refractivity contribution in [3.05, 3.63) is 75.8 Å². The van der Waals surface area contributed by atoms with Gasteiger partial charge in [-0.05, 0) is 42.8 Å². The predicted molar refractivity (Wildman–Crippen MR) is 107 cm³/mol. The molecule has 1 aliphatic heterocycles. The van der Waals surface area contributed by atoms with Crippen LogP contribution in [0.4, 0.5) is 13.9 Å². The van der Waals surface area contributed by atoms with Gasteiger partial charge in [0.05, 0.1) is 13.7 Å². The van der Waals surface area contributed by atoms with Gasteiger partial charge in [-0.15, -0.1) is 11.3 Å². The van der Waals surface area contributed by atoms with E-state index in [1.165, 1.54) is 47.7 Å². The van der Waals surface area contributed by atoms with Gasteiger partial charge in [-0.1, -0.05) is 0 Å². The molecular weight excluding hydrogens is 412 g/mol. The Morgan fingerprint density at radius 2 is 2.10 bits per heavy atom. The van der Waals surface area contributed by atoms with Crippen LogP contribution in [-0.2, 0) is 11.3 Å². The third-order valence-electron chi connectivity index (χ3n) is 4.87. The number of anilines is 1. The standard InChI is InChI=1S/C21H17F2N3O3S/c1-11-7-13-15(16(23)8-11)10-26(20(13)28)18(19(27)25-21-24-5-6-30-21)14-9-12(22)3-4-17(14)29-2/h3-9,18H,10H2,1-2H3,(H,24,25,27). The number of carbonyl (C=O) groups is 2. The summed E-state index contributed by atoms with van der Waals surface area (Å²) in [5.74, 6) is -2.00. The second kappa shape index (κ2) is 7.83. The quantitative estimate of drug-likeness (QED) is 0.664. The number of hydrogen-bond donors (Lipinski definition) is 1. The highest BCUT2D eigenvalue weighted by molar-refractivity contribution is 7.13. The predicted octanol–water partition coefficient (Wildman–Crippen LogP) is 4.07. The summed E-state index contributed by atoms with van der Waals surface area (Å²) < 4.78 is 33.9. The van der Waals surface area contributed by atoms with E-state index in [0.717, 1.165) is 6.07 Å². The summed E-state index contributed by atoms with van der Waals surface area (Å²) in [5, 5.41) is 4.65. The third-order valence-corrected chi connectivity index (χ3v) is 5.56. The van der Waals surface area contributed by atoms with Crippen molar-refractivity contribution in [1.29, 1.82) is 0 Å². The van der Waals surface area contributed by atoms with Crippen molar-refractivity contribution >= 4 is 28.3 Å². The van der Waals surface area contributed by atoms with Crippen LogP contribution < -0.4 is 10.1 Å². The minimum atomic E-state index is -1.25. The van der Waals surface area contributed by atoms with Crippen LogP contribution in [0, 0.1) is 18.6 Å². The topological polar surface area (TPSA) is 71.5 Å². The Morgan fingerprint density at radius 1 is 1.30 bits per heavy atom. The summed E-state index contributed by atoms with van der Waals surface area (Å²) in [5.41, 5.74) is 1.14. The van der Waals surface area contributed by atoms with Gasteiger partial charge in [0, 0.05) is 28.3 Å². The molecule has 0 fully saturated rings. The summed E-state index contributed by atoms with van der Waals surface area (Å²) in [6.45, 7) is 1.55. The highest BCUT2D eigenvalue weighted by atomic mass is 32.1. The molecule has 1 atom stereocenters. The number of benzene rings is 2. The van der Waals surface area contributed by atoms with Gasteiger partial charge in [-0.2, -0.15) is 0 Å². The average Bonchev–Trinajstić information content (AvgIpc) is 3.32. The molecule has 0 bridgehead atoms. The smallest absolute Gasteiger partial charge is 0.255 e. The van der Waals surface area contributed by atoms with Crippen molar-refractivity contribution < 1.29 is 23.1 Å². The van der Waals surface area contributed by atoms with Crippen molar-refractivity contribution in [2.24, 2.45) is 0 Å². The molecule has 1 aromatic heterocycles. The van der Waals surface area contributed by atoms with Crippen LogP contribution in [0.25, 0.3) is 0 Å². The van der Waals surface area contributed by atoms with Crippen LogP contribution in [0.1, 0.15) is 33.1 Å². The Labute approximate surface area is 175 Å². The number of thiazole rings is 1. The summed E-state index contributed by atoms with van der Waals surface area (Å²) in [7, 11) is 1.39. The number of ether oxygens (including phenoxy) is 1. The number of carbonyl (C=O) groups excluding carboxylic acids is 2. The molecule has 0 saturated carbocycles. The molecule has 1 N–H and O–H groups in total. The number of methoxy groups -OCH3 is 1. The van der Waals surface area contributed by atoms with Crippen molar-refractivity contribution in [3.63, 3.8) is 0 Å². The number of hydrogen-bond acceptors (Lipinski definition) is 5. The SMILES string of the molecule is COc1ccc(F)cc1C(C(=O)Nc1nccs1)N1Cc2c(F)cc(C)cc2C1=O. The first kappa shape index (κ1) is 20.0. The monoisotopic (exact) mass is 429 g/mol. The maximum Gasteiger partial charge on any atom is 0.255 e. The highest BCUT2D eigenvalue weighted by Gasteiger charge is 2.40.